The first kappa shape index (κ1) is 32.0. The van der Waals surface area contributed by atoms with Crippen molar-refractivity contribution in [1.29, 1.82) is 0 Å². The summed E-state index contributed by atoms with van der Waals surface area (Å²) in [5.41, 5.74) is 29.2. The number of nitrogens with zero attached hydrogens (tertiary/aromatic N) is 9. The molecule has 0 aliphatic heterocycles. The molecule has 7 rings (SSSR count). The summed E-state index contributed by atoms with van der Waals surface area (Å²) in [6.45, 7) is 3.49. The molecule has 2 unspecified atom stereocenters. The number of nitrogens with one attached hydrogen (secondary N) is 1. The van der Waals surface area contributed by atoms with Crippen molar-refractivity contribution in [3.63, 3.8) is 0 Å². The van der Waals surface area contributed by atoms with Crippen LogP contribution in [-0.2, 0) is 9.59 Å². The largest absolute Gasteiger partial charge is 0.395 e. The Hall–Kier alpha value is -6.97. The number of primary amides is 2. The van der Waals surface area contributed by atoms with Crippen molar-refractivity contribution in [2.24, 2.45) is 11.5 Å². The Bertz CT molecular complexity index is 2250. The van der Waals surface area contributed by atoms with Crippen molar-refractivity contribution in [2.75, 3.05) is 11.5 Å². The van der Waals surface area contributed by atoms with Crippen LogP contribution in [0.1, 0.15) is 36.8 Å². The second kappa shape index (κ2) is 13.4. The number of carbonyl (C=O) groups is 2. The smallest absolute Gasteiger partial charge is 0.224 e. The number of pyridine rings is 4. The van der Waals surface area contributed by atoms with E-state index >= 15 is 0 Å². The van der Waals surface area contributed by atoms with E-state index in [2.05, 4.69) is 40.1 Å². The fourth-order valence-electron chi connectivity index (χ4n) is 4.91. The van der Waals surface area contributed by atoms with Crippen molar-refractivity contribution in [1.82, 2.24) is 49.5 Å². The molecule has 0 aromatic carbocycles. The number of fused-ring (bicyclic) bond motifs is 1. The van der Waals surface area contributed by atoms with Gasteiger partial charge in [-0.1, -0.05) is 12.1 Å². The number of rotatable bonds is 8. The summed E-state index contributed by atoms with van der Waals surface area (Å²) in [4.78, 5) is 46.6. The zero-order valence-electron chi connectivity index (χ0n) is 26.5. The minimum atomic E-state index is -0.392. The molecule has 9 N–H and O–H groups in total. The molecule has 7 heterocycles. The Morgan fingerprint density at radius 1 is 0.673 bits per heavy atom. The maximum Gasteiger partial charge on any atom is 0.224 e. The van der Waals surface area contributed by atoms with Crippen LogP contribution in [0.15, 0.2) is 92.3 Å². The van der Waals surface area contributed by atoms with Crippen LogP contribution in [0.3, 0.4) is 0 Å². The predicted molar refractivity (Wildman–Crippen MR) is 183 cm³/mol. The van der Waals surface area contributed by atoms with Gasteiger partial charge in [0, 0.05) is 59.4 Å². The lowest BCUT2D eigenvalue weighted by molar-refractivity contribution is -0.119. The van der Waals surface area contributed by atoms with Gasteiger partial charge in [-0.25, -0.2) is 34.3 Å². The molecule has 2 atom stereocenters. The molecule has 2 amide bonds. The number of aromatic amines is 1. The molecule has 0 radical (unpaired) electrons. The monoisotopic (exact) mass is 656 g/mol. The minimum absolute atomic E-state index is 0.281. The number of anilines is 2. The van der Waals surface area contributed by atoms with Gasteiger partial charge in [-0.15, -0.1) is 0 Å². The van der Waals surface area contributed by atoms with Gasteiger partial charge < -0.3 is 27.9 Å². The van der Waals surface area contributed by atoms with Gasteiger partial charge in [0.05, 0.1) is 41.8 Å². The van der Waals surface area contributed by atoms with E-state index in [4.69, 9.17) is 22.9 Å². The molecule has 49 heavy (non-hydrogen) atoms. The van der Waals surface area contributed by atoms with E-state index in [1.807, 2.05) is 24.4 Å². The number of nitrogen functional groups attached to an aromatic ring is 2. The normalized spacial score (nSPS) is 12.2. The number of H-pyrrole nitrogens is 1. The van der Waals surface area contributed by atoms with E-state index < -0.39 is 5.91 Å². The number of carbonyl (C=O) groups excluding carboxylic acids is 2. The van der Waals surface area contributed by atoms with Gasteiger partial charge in [0.2, 0.25) is 11.8 Å². The fraction of sp³-hybridized carbons (Fsp3) is 0.121. The van der Waals surface area contributed by atoms with E-state index in [1.165, 1.54) is 0 Å². The second-order valence-corrected chi connectivity index (χ2v) is 11.1. The number of imidazole rings is 1. The summed E-state index contributed by atoms with van der Waals surface area (Å²) in [5, 5.41) is 8.66. The number of aromatic nitrogens is 10. The molecule has 16 heteroatoms. The summed E-state index contributed by atoms with van der Waals surface area (Å²) in [6.07, 6.45) is 15.3. The molecule has 16 nitrogen and oxygen atoms in total. The zero-order chi connectivity index (χ0) is 34.7. The van der Waals surface area contributed by atoms with E-state index in [-0.39, 0.29) is 23.6 Å². The maximum absolute atomic E-state index is 11.3. The summed E-state index contributed by atoms with van der Waals surface area (Å²) in [7, 11) is 0. The summed E-state index contributed by atoms with van der Waals surface area (Å²) in [6, 6.07) is 10.9. The summed E-state index contributed by atoms with van der Waals surface area (Å²) >= 11 is 0. The molecule has 246 valence electrons. The van der Waals surface area contributed by atoms with Gasteiger partial charge in [-0.05, 0) is 49.2 Å². The number of hydrogen-bond donors (Lipinski definition) is 5. The predicted octanol–water partition coefficient (Wildman–Crippen LogP) is 2.88. The molecule has 0 spiro atoms. The highest BCUT2D eigenvalue weighted by molar-refractivity contribution is 5.89. The van der Waals surface area contributed by atoms with E-state index in [0.29, 0.717) is 23.0 Å². The van der Waals surface area contributed by atoms with Crippen molar-refractivity contribution < 1.29 is 9.59 Å². The summed E-state index contributed by atoms with van der Waals surface area (Å²) in [5.74, 6) is 0.0143. The fourth-order valence-corrected chi connectivity index (χ4v) is 4.91. The van der Waals surface area contributed by atoms with Crippen LogP contribution in [0.4, 0.5) is 11.5 Å². The molecule has 0 saturated heterocycles. The van der Waals surface area contributed by atoms with Gasteiger partial charge >= 0.3 is 0 Å². The Labute approximate surface area is 279 Å². The number of amides is 2. The van der Waals surface area contributed by atoms with Crippen LogP contribution < -0.4 is 22.9 Å². The molecular weight excluding hydrogens is 624 g/mol. The second-order valence-electron chi connectivity index (χ2n) is 11.1. The minimum Gasteiger partial charge on any atom is -0.395 e. The third-order valence-electron chi connectivity index (χ3n) is 8.00. The lowest BCUT2D eigenvalue weighted by Crippen LogP contribution is -2.18. The quantitative estimate of drug-likeness (QED) is 0.159. The van der Waals surface area contributed by atoms with Crippen molar-refractivity contribution in [3.8, 4) is 33.9 Å². The highest BCUT2D eigenvalue weighted by Gasteiger charge is 2.15. The van der Waals surface area contributed by atoms with Crippen LogP contribution in [0, 0.1) is 0 Å². The third kappa shape index (κ3) is 6.64. The molecule has 7 aromatic heterocycles. The van der Waals surface area contributed by atoms with Gasteiger partial charge in [0.15, 0.2) is 17.3 Å². The molecule has 0 bridgehead atoms. The van der Waals surface area contributed by atoms with E-state index in [1.54, 1.807) is 91.1 Å². The zero-order valence-corrected chi connectivity index (χ0v) is 26.5. The Balaban J connectivity index is 0.000000170. The average molecular weight is 657 g/mol. The van der Waals surface area contributed by atoms with Crippen LogP contribution in [0.5, 0.6) is 0 Å². The summed E-state index contributed by atoms with van der Waals surface area (Å²) < 4.78 is 3.29. The standard InChI is InChI=1S/C17H15N7O.C16H17N7O/c1-10(16(18)25)11-2-3-14(20-6-11)24-8-12(7-23-24)13-4-5-19-17-15(13)21-9-22-17;1-9(16(19)24)10-2-3-13(21-6-10)23-8-11(7-22-23)12-4-5-20-15(18)14(12)17/h2-10H,1H3,(H2,18,25)(H,19,21,22);2-9H,17H2,1H3,(H2,18,20)(H2,19,24). The highest BCUT2D eigenvalue weighted by atomic mass is 16.1. The first-order chi connectivity index (χ1) is 23.6. The molecular formula is C33H32N14O2. The van der Waals surface area contributed by atoms with Crippen molar-refractivity contribution in [2.45, 2.75) is 25.7 Å². The van der Waals surface area contributed by atoms with Crippen LogP contribution in [0.2, 0.25) is 0 Å². The number of hydrogen-bond acceptors (Lipinski definition) is 11. The van der Waals surface area contributed by atoms with Gasteiger partial charge in [0.1, 0.15) is 5.82 Å². The highest BCUT2D eigenvalue weighted by Crippen LogP contribution is 2.29. The topological polar surface area (TPSA) is 254 Å². The lowest BCUT2D eigenvalue weighted by Gasteiger charge is -2.08. The number of nitrogens with two attached hydrogens (primary N) is 4. The van der Waals surface area contributed by atoms with Crippen LogP contribution >= 0.6 is 0 Å². The SMILES string of the molecule is CC(C(N)=O)c1ccc(-n2cc(-c3ccnc(N)c3N)cn2)nc1.CC(C(N)=O)c1ccc(-n2cc(-c3ccnc4nc[nH]c34)cn2)nc1. The Morgan fingerprint density at radius 3 is 1.73 bits per heavy atom. The first-order valence-corrected chi connectivity index (χ1v) is 15.0. The average Bonchev–Trinajstić information content (AvgIpc) is 3.91. The Kier molecular flexibility index (Phi) is 8.75. The Morgan fingerprint density at radius 2 is 1.20 bits per heavy atom. The molecule has 0 aliphatic rings. The first-order valence-electron chi connectivity index (χ1n) is 15.0. The molecule has 0 aliphatic carbocycles. The van der Waals surface area contributed by atoms with Gasteiger partial charge in [-0.2, -0.15) is 10.2 Å². The van der Waals surface area contributed by atoms with Crippen LogP contribution in [-0.4, -0.2) is 61.3 Å². The molecule has 0 saturated carbocycles. The van der Waals surface area contributed by atoms with E-state index in [0.717, 1.165) is 38.9 Å². The van der Waals surface area contributed by atoms with Gasteiger partial charge in [0.25, 0.3) is 0 Å². The van der Waals surface area contributed by atoms with E-state index in [9.17, 15) is 9.59 Å². The van der Waals surface area contributed by atoms with Crippen molar-refractivity contribution >= 4 is 34.5 Å². The third-order valence-corrected chi connectivity index (χ3v) is 8.00. The lowest BCUT2D eigenvalue weighted by atomic mass is 10.0. The maximum atomic E-state index is 11.3. The van der Waals surface area contributed by atoms with Crippen LogP contribution in [0.25, 0.3) is 45.1 Å². The van der Waals surface area contributed by atoms with Crippen molar-refractivity contribution in [3.05, 3.63) is 103 Å². The molecule has 0 fully saturated rings. The molecule has 7 aromatic rings. The van der Waals surface area contributed by atoms with Gasteiger partial charge in [-0.3, -0.25) is 9.59 Å².